The van der Waals surface area contributed by atoms with Gasteiger partial charge in [0, 0.05) is 25.9 Å². The number of benzene rings is 2. The van der Waals surface area contributed by atoms with E-state index in [0.717, 1.165) is 0 Å². The van der Waals surface area contributed by atoms with Crippen LogP contribution in [0.3, 0.4) is 0 Å². The Morgan fingerprint density at radius 1 is 1.10 bits per heavy atom. The molecule has 0 bridgehead atoms. The van der Waals surface area contributed by atoms with E-state index in [1.165, 1.54) is 21.5 Å². The van der Waals surface area contributed by atoms with Crippen LogP contribution in [0, 0.1) is 11.8 Å². The molecular formula is C30H27N9O2. The van der Waals surface area contributed by atoms with Gasteiger partial charge >= 0.3 is 0 Å². The normalized spacial score (nSPS) is 11.8. The van der Waals surface area contributed by atoms with Gasteiger partial charge in [0.25, 0.3) is 11.5 Å². The fourth-order valence-electron chi connectivity index (χ4n) is 4.45. The first-order valence-electron chi connectivity index (χ1n) is 12.7. The maximum atomic E-state index is 14.2. The molecule has 5 rings (SSSR count). The van der Waals surface area contributed by atoms with Gasteiger partial charge in [0.05, 0.1) is 28.8 Å². The average molecular weight is 546 g/mol. The molecule has 0 saturated heterocycles. The van der Waals surface area contributed by atoms with Crippen LogP contribution < -0.4 is 16.6 Å². The summed E-state index contributed by atoms with van der Waals surface area (Å²) in [6, 6.07) is 15.5. The highest BCUT2D eigenvalue weighted by Crippen LogP contribution is 2.26. The van der Waals surface area contributed by atoms with Crippen LogP contribution in [-0.4, -0.2) is 41.2 Å². The summed E-state index contributed by atoms with van der Waals surface area (Å²) in [7, 11) is 3.44. The molecule has 0 spiro atoms. The van der Waals surface area contributed by atoms with Gasteiger partial charge < -0.3 is 11.1 Å². The summed E-state index contributed by atoms with van der Waals surface area (Å²) < 4.78 is 4.56. The fourth-order valence-corrected chi connectivity index (χ4v) is 4.45. The average Bonchev–Trinajstić information content (AvgIpc) is 3.50. The lowest BCUT2D eigenvalue weighted by atomic mass is 10.1. The van der Waals surface area contributed by atoms with E-state index >= 15 is 0 Å². The van der Waals surface area contributed by atoms with Crippen molar-refractivity contribution in [2.75, 3.05) is 5.73 Å². The number of nitrogens with two attached hydrogens (primary N) is 1. The van der Waals surface area contributed by atoms with Gasteiger partial charge in [-0.05, 0) is 43.2 Å². The van der Waals surface area contributed by atoms with Crippen LogP contribution in [0.15, 0.2) is 83.2 Å². The molecule has 1 amide bonds. The molecule has 3 aromatic heterocycles. The Bertz CT molecular complexity index is 1940. The van der Waals surface area contributed by atoms with Gasteiger partial charge in [-0.15, -0.1) is 0 Å². The standard InChI is InChI=1S/C30H27N9O2/c1-5-17-32-28-25(26(31)36-38(28)4)29(40)34-19(2)27-35-23-13-9-10-20(14-15-21-16-18-33-37(21)3)24(23)30(41)39(27)22-11-7-6-8-12-22/h5-13,16-19H,1H2,2-4H3,(H2,31,36)(H,34,40)/b32-17-. The topological polar surface area (TPSA) is 138 Å². The zero-order valence-electron chi connectivity index (χ0n) is 22.7. The number of anilines is 1. The third-order valence-electron chi connectivity index (χ3n) is 6.39. The summed E-state index contributed by atoms with van der Waals surface area (Å²) in [5.74, 6) is 6.30. The fraction of sp³-hybridized carbons (Fsp3) is 0.133. The first-order valence-corrected chi connectivity index (χ1v) is 12.7. The van der Waals surface area contributed by atoms with E-state index in [0.29, 0.717) is 33.7 Å². The van der Waals surface area contributed by atoms with Gasteiger partial charge in [0.1, 0.15) is 17.1 Å². The number of carbonyl (C=O) groups excluding carboxylic acids is 1. The van der Waals surface area contributed by atoms with E-state index in [4.69, 9.17) is 10.7 Å². The Kier molecular flexibility index (Phi) is 7.30. The van der Waals surface area contributed by atoms with E-state index in [-0.39, 0.29) is 22.8 Å². The molecule has 1 unspecified atom stereocenters. The number of amides is 1. The molecule has 5 aromatic rings. The summed E-state index contributed by atoms with van der Waals surface area (Å²) in [6.45, 7) is 5.36. The molecule has 3 N–H and O–H groups in total. The number of hydrogen-bond acceptors (Lipinski definition) is 7. The van der Waals surface area contributed by atoms with Gasteiger partial charge in [-0.3, -0.25) is 18.8 Å². The quantitative estimate of drug-likeness (QED) is 0.248. The lowest BCUT2D eigenvalue weighted by molar-refractivity contribution is 0.0939. The maximum Gasteiger partial charge on any atom is 0.267 e. The number of allylic oxidation sites excluding steroid dienone is 1. The van der Waals surface area contributed by atoms with Crippen LogP contribution in [-0.2, 0) is 14.1 Å². The summed E-state index contributed by atoms with van der Waals surface area (Å²) in [4.78, 5) is 36.7. The van der Waals surface area contributed by atoms with Crippen LogP contribution in [0.25, 0.3) is 16.6 Å². The minimum atomic E-state index is -0.708. The van der Waals surface area contributed by atoms with Gasteiger partial charge in [0.15, 0.2) is 11.6 Å². The number of para-hydroxylation sites is 1. The van der Waals surface area contributed by atoms with Crippen molar-refractivity contribution < 1.29 is 4.79 Å². The minimum Gasteiger partial charge on any atom is -0.381 e. The second-order valence-corrected chi connectivity index (χ2v) is 9.15. The molecule has 11 heteroatoms. The summed E-state index contributed by atoms with van der Waals surface area (Å²) in [5, 5.41) is 11.6. The predicted octanol–water partition coefficient (Wildman–Crippen LogP) is 3.21. The van der Waals surface area contributed by atoms with Crippen LogP contribution >= 0.6 is 0 Å². The van der Waals surface area contributed by atoms with E-state index < -0.39 is 11.9 Å². The number of nitrogen functional groups attached to an aromatic ring is 1. The SMILES string of the molecule is C=C/C=N\c1c(C(=O)NC(C)c2nc3cccc(C#Cc4ccnn4C)c3c(=O)n2-c2ccccc2)c(N)nn1C. The number of aliphatic imine (C=N–C) groups is 1. The first kappa shape index (κ1) is 26.8. The monoisotopic (exact) mass is 545 g/mol. The molecule has 0 aliphatic rings. The molecule has 3 heterocycles. The van der Waals surface area contributed by atoms with Crippen molar-refractivity contribution in [1.29, 1.82) is 0 Å². The van der Waals surface area contributed by atoms with E-state index in [1.807, 2.05) is 18.2 Å². The Morgan fingerprint density at radius 3 is 2.59 bits per heavy atom. The number of aromatic nitrogens is 6. The number of nitrogens with one attached hydrogen (secondary N) is 1. The molecule has 0 saturated carbocycles. The van der Waals surface area contributed by atoms with Gasteiger partial charge in [-0.25, -0.2) is 14.7 Å². The number of carbonyl (C=O) groups is 1. The molecule has 0 fully saturated rings. The van der Waals surface area contributed by atoms with Crippen LogP contribution in [0.1, 0.15) is 40.4 Å². The molecule has 41 heavy (non-hydrogen) atoms. The number of rotatable bonds is 6. The second kappa shape index (κ2) is 11.2. The predicted molar refractivity (Wildman–Crippen MR) is 158 cm³/mol. The lowest BCUT2D eigenvalue weighted by Gasteiger charge is -2.20. The lowest BCUT2D eigenvalue weighted by Crippen LogP contribution is -2.33. The third kappa shape index (κ3) is 5.14. The third-order valence-corrected chi connectivity index (χ3v) is 6.39. The molecule has 1 atom stereocenters. The number of aryl methyl sites for hydroxylation is 2. The van der Waals surface area contributed by atoms with Crippen LogP contribution in [0.2, 0.25) is 0 Å². The molecular weight excluding hydrogens is 518 g/mol. The Hall–Kier alpha value is -5.76. The molecule has 2 aromatic carbocycles. The van der Waals surface area contributed by atoms with E-state index in [2.05, 4.69) is 38.9 Å². The minimum absolute atomic E-state index is 0.0250. The van der Waals surface area contributed by atoms with Gasteiger partial charge in [0.2, 0.25) is 0 Å². The number of hydrogen-bond donors (Lipinski definition) is 2. The number of fused-ring (bicyclic) bond motifs is 1. The summed E-state index contributed by atoms with van der Waals surface area (Å²) in [6.07, 6.45) is 4.59. The summed E-state index contributed by atoms with van der Waals surface area (Å²) in [5.41, 5.74) is 8.13. The van der Waals surface area contributed by atoms with E-state index in [9.17, 15) is 9.59 Å². The zero-order valence-corrected chi connectivity index (χ0v) is 22.7. The van der Waals surface area contributed by atoms with Crippen molar-refractivity contribution >= 4 is 34.7 Å². The van der Waals surface area contributed by atoms with Crippen molar-refractivity contribution in [3.8, 4) is 17.5 Å². The molecule has 204 valence electrons. The van der Waals surface area contributed by atoms with Gasteiger partial charge in [-0.2, -0.15) is 10.2 Å². The number of nitrogens with zero attached hydrogens (tertiary/aromatic N) is 7. The molecule has 0 aliphatic heterocycles. The molecule has 0 aliphatic carbocycles. The molecule has 11 nitrogen and oxygen atoms in total. The van der Waals surface area contributed by atoms with Crippen molar-refractivity contribution in [3.05, 3.63) is 106 Å². The van der Waals surface area contributed by atoms with Crippen molar-refractivity contribution in [3.63, 3.8) is 0 Å². The highest BCUT2D eigenvalue weighted by atomic mass is 16.2. The van der Waals surface area contributed by atoms with E-state index in [1.54, 1.807) is 68.3 Å². The highest BCUT2D eigenvalue weighted by molar-refractivity contribution is 6.03. The smallest absolute Gasteiger partial charge is 0.267 e. The first-order chi connectivity index (χ1) is 19.8. The summed E-state index contributed by atoms with van der Waals surface area (Å²) >= 11 is 0. The van der Waals surface area contributed by atoms with Crippen molar-refractivity contribution in [2.24, 2.45) is 19.1 Å². The van der Waals surface area contributed by atoms with Crippen molar-refractivity contribution in [1.82, 2.24) is 34.4 Å². The Balaban J connectivity index is 1.64. The largest absolute Gasteiger partial charge is 0.381 e. The second-order valence-electron chi connectivity index (χ2n) is 9.15. The Morgan fingerprint density at radius 2 is 1.88 bits per heavy atom. The zero-order chi connectivity index (χ0) is 29.1. The van der Waals surface area contributed by atoms with Crippen LogP contribution in [0.5, 0.6) is 0 Å². The Labute approximate surface area is 235 Å². The van der Waals surface area contributed by atoms with Crippen molar-refractivity contribution in [2.45, 2.75) is 13.0 Å². The van der Waals surface area contributed by atoms with Gasteiger partial charge in [-0.1, -0.05) is 42.8 Å². The maximum absolute atomic E-state index is 14.2. The highest BCUT2D eigenvalue weighted by Gasteiger charge is 2.25. The van der Waals surface area contributed by atoms with Crippen LogP contribution in [0.4, 0.5) is 11.6 Å². The molecule has 0 radical (unpaired) electrons.